The fraction of sp³-hybridized carbons (Fsp3) is 0.278. The highest BCUT2D eigenvalue weighted by Gasteiger charge is 2.17. The summed E-state index contributed by atoms with van der Waals surface area (Å²) >= 11 is 0. The predicted molar refractivity (Wildman–Crippen MR) is 98.8 cm³/mol. The van der Waals surface area contributed by atoms with E-state index in [1.54, 1.807) is 25.1 Å². The van der Waals surface area contributed by atoms with Crippen molar-refractivity contribution in [2.45, 2.75) is 27.3 Å². The highest BCUT2D eigenvalue weighted by Crippen LogP contribution is 2.28. The number of hydrogen-bond acceptors (Lipinski definition) is 5. The van der Waals surface area contributed by atoms with Crippen molar-refractivity contribution in [3.8, 4) is 0 Å². The Hall–Kier alpha value is -3.16. The first-order valence-corrected chi connectivity index (χ1v) is 8.20. The molecule has 0 aromatic heterocycles. The maximum Gasteiger partial charge on any atom is 0.411 e. The second kappa shape index (κ2) is 10.7. The first-order valence-electron chi connectivity index (χ1n) is 8.20. The standard InChI is InChI=1S/C16H16FN3O4.C2H6/c1-2-24-16(21)19-14-8-7-13(9-15(14)20(22)23)18-10-11-3-5-12(17)6-4-11;1-2/h3-9,18H,2,10H2,1H3,(H,19,21);1-2H3. The van der Waals surface area contributed by atoms with Gasteiger partial charge in [-0.2, -0.15) is 0 Å². The number of amides is 1. The van der Waals surface area contributed by atoms with Crippen LogP contribution in [0.1, 0.15) is 26.3 Å². The fourth-order valence-electron chi connectivity index (χ4n) is 1.98. The van der Waals surface area contributed by atoms with Crippen LogP contribution in [0.4, 0.5) is 26.2 Å². The molecule has 7 nitrogen and oxygen atoms in total. The minimum absolute atomic E-state index is 0.0470. The Morgan fingerprint density at radius 1 is 1.19 bits per heavy atom. The third kappa shape index (κ3) is 6.39. The molecule has 0 saturated heterocycles. The Kier molecular flexibility index (Phi) is 8.56. The third-order valence-electron chi connectivity index (χ3n) is 3.12. The molecule has 2 aromatic carbocycles. The predicted octanol–water partition coefficient (Wildman–Crippen LogP) is 4.94. The highest BCUT2D eigenvalue weighted by molar-refractivity contribution is 5.88. The summed E-state index contributed by atoms with van der Waals surface area (Å²) < 4.78 is 17.6. The Balaban J connectivity index is 0.00000163. The van der Waals surface area contributed by atoms with Gasteiger partial charge in [0.05, 0.1) is 11.5 Å². The van der Waals surface area contributed by atoms with Gasteiger partial charge in [-0.05, 0) is 36.8 Å². The zero-order chi connectivity index (χ0) is 19.5. The van der Waals surface area contributed by atoms with Crippen LogP contribution in [0.25, 0.3) is 0 Å². The van der Waals surface area contributed by atoms with Crippen LogP contribution < -0.4 is 10.6 Å². The molecule has 8 heteroatoms. The van der Waals surface area contributed by atoms with E-state index in [2.05, 4.69) is 10.6 Å². The third-order valence-corrected chi connectivity index (χ3v) is 3.12. The molecule has 0 aliphatic carbocycles. The van der Waals surface area contributed by atoms with Crippen molar-refractivity contribution in [2.75, 3.05) is 17.2 Å². The van der Waals surface area contributed by atoms with Gasteiger partial charge in [-0.3, -0.25) is 15.4 Å². The lowest BCUT2D eigenvalue weighted by molar-refractivity contribution is -0.383. The minimum Gasteiger partial charge on any atom is -0.450 e. The lowest BCUT2D eigenvalue weighted by Gasteiger charge is -2.10. The number of halogens is 1. The van der Waals surface area contributed by atoms with Gasteiger partial charge in [-0.1, -0.05) is 26.0 Å². The number of ether oxygens (including phenoxy) is 1. The first-order chi connectivity index (χ1) is 12.5. The molecule has 0 heterocycles. The summed E-state index contributed by atoms with van der Waals surface area (Å²) in [5.41, 5.74) is 1.12. The quantitative estimate of drug-likeness (QED) is 0.560. The van der Waals surface area contributed by atoms with Gasteiger partial charge in [0.2, 0.25) is 0 Å². The van der Waals surface area contributed by atoms with Crippen LogP contribution in [0.2, 0.25) is 0 Å². The number of carbonyl (C=O) groups is 1. The lowest BCUT2D eigenvalue weighted by Crippen LogP contribution is -2.14. The number of nitro benzene ring substituents is 1. The van der Waals surface area contributed by atoms with Crippen molar-refractivity contribution in [3.05, 3.63) is 64.0 Å². The topological polar surface area (TPSA) is 93.5 Å². The maximum atomic E-state index is 12.9. The monoisotopic (exact) mass is 363 g/mol. The van der Waals surface area contributed by atoms with Crippen LogP contribution in [0.5, 0.6) is 0 Å². The number of rotatable bonds is 6. The minimum atomic E-state index is -0.757. The van der Waals surface area contributed by atoms with Crippen LogP contribution >= 0.6 is 0 Å². The number of nitro groups is 1. The van der Waals surface area contributed by atoms with Crippen molar-refractivity contribution in [1.29, 1.82) is 0 Å². The van der Waals surface area contributed by atoms with E-state index in [4.69, 9.17) is 4.74 Å². The number of carbonyl (C=O) groups excluding carboxylic acids is 1. The van der Waals surface area contributed by atoms with E-state index in [0.29, 0.717) is 12.2 Å². The molecular weight excluding hydrogens is 341 g/mol. The van der Waals surface area contributed by atoms with Crippen LogP contribution in [0.15, 0.2) is 42.5 Å². The smallest absolute Gasteiger partial charge is 0.411 e. The van der Waals surface area contributed by atoms with Gasteiger partial charge in [-0.15, -0.1) is 0 Å². The van der Waals surface area contributed by atoms with Crippen molar-refractivity contribution < 1.29 is 18.8 Å². The molecule has 2 N–H and O–H groups in total. The van der Waals surface area contributed by atoms with E-state index < -0.39 is 11.0 Å². The molecule has 1 amide bonds. The highest BCUT2D eigenvalue weighted by atomic mass is 19.1. The summed E-state index contributed by atoms with van der Waals surface area (Å²) in [4.78, 5) is 22.0. The molecule has 0 fully saturated rings. The van der Waals surface area contributed by atoms with Gasteiger partial charge < -0.3 is 10.1 Å². The SMILES string of the molecule is CC.CCOC(=O)Nc1ccc(NCc2ccc(F)cc2)cc1[N+](=O)[O-]. The van der Waals surface area contributed by atoms with Gasteiger partial charge in [0.15, 0.2) is 0 Å². The fourth-order valence-corrected chi connectivity index (χ4v) is 1.98. The molecule has 0 unspecified atom stereocenters. The Morgan fingerprint density at radius 2 is 1.85 bits per heavy atom. The summed E-state index contributed by atoms with van der Waals surface area (Å²) in [6, 6.07) is 10.2. The summed E-state index contributed by atoms with van der Waals surface area (Å²) in [5.74, 6) is -0.330. The zero-order valence-corrected chi connectivity index (χ0v) is 14.9. The second-order valence-corrected chi connectivity index (χ2v) is 4.81. The molecule has 26 heavy (non-hydrogen) atoms. The van der Waals surface area contributed by atoms with Crippen LogP contribution in [0.3, 0.4) is 0 Å². The summed E-state index contributed by atoms with van der Waals surface area (Å²) in [6.45, 7) is 6.18. The van der Waals surface area contributed by atoms with Crippen molar-refractivity contribution in [2.24, 2.45) is 0 Å². The van der Waals surface area contributed by atoms with E-state index in [1.807, 2.05) is 13.8 Å². The molecule has 0 radical (unpaired) electrons. The van der Waals surface area contributed by atoms with E-state index >= 15 is 0 Å². The largest absolute Gasteiger partial charge is 0.450 e. The summed E-state index contributed by atoms with van der Waals surface area (Å²) in [6.07, 6.45) is -0.757. The molecule has 0 atom stereocenters. The van der Waals surface area contributed by atoms with E-state index in [9.17, 15) is 19.3 Å². The van der Waals surface area contributed by atoms with Gasteiger partial charge in [-0.25, -0.2) is 9.18 Å². The molecule has 0 bridgehead atoms. The maximum absolute atomic E-state index is 12.9. The Bertz CT molecular complexity index is 736. The zero-order valence-electron chi connectivity index (χ0n) is 14.9. The molecule has 2 rings (SSSR count). The lowest BCUT2D eigenvalue weighted by atomic mass is 10.2. The van der Waals surface area contributed by atoms with Crippen LogP contribution in [-0.2, 0) is 11.3 Å². The van der Waals surface area contributed by atoms with Gasteiger partial charge in [0.1, 0.15) is 11.5 Å². The van der Waals surface area contributed by atoms with E-state index in [0.717, 1.165) is 5.56 Å². The van der Waals surface area contributed by atoms with Crippen molar-refractivity contribution in [3.63, 3.8) is 0 Å². The molecule has 140 valence electrons. The van der Waals surface area contributed by atoms with E-state index in [1.165, 1.54) is 24.3 Å². The van der Waals surface area contributed by atoms with Crippen LogP contribution in [0, 0.1) is 15.9 Å². The molecular formula is C18H22FN3O4. The molecule has 0 aliphatic rings. The molecule has 2 aromatic rings. The van der Waals surface area contributed by atoms with E-state index in [-0.39, 0.29) is 23.8 Å². The average molecular weight is 363 g/mol. The molecule has 0 saturated carbocycles. The Morgan fingerprint density at radius 3 is 2.42 bits per heavy atom. The second-order valence-electron chi connectivity index (χ2n) is 4.81. The Labute approximate surface area is 151 Å². The van der Waals surface area contributed by atoms with Crippen molar-refractivity contribution in [1.82, 2.24) is 0 Å². The van der Waals surface area contributed by atoms with Crippen molar-refractivity contribution >= 4 is 23.2 Å². The summed E-state index contributed by atoms with van der Waals surface area (Å²) in [5, 5.41) is 16.5. The van der Waals surface area contributed by atoms with Crippen LogP contribution in [-0.4, -0.2) is 17.6 Å². The number of anilines is 2. The number of hydrogen-bond donors (Lipinski definition) is 2. The van der Waals surface area contributed by atoms with Gasteiger partial charge in [0, 0.05) is 18.3 Å². The normalized spacial score (nSPS) is 9.54. The molecule has 0 aliphatic heterocycles. The van der Waals surface area contributed by atoms with Gasteiger partial charge >= 0.3 is 6.09 Å². The van der Waals surface area contributed by atoms with Gasteiger partial charge in [0.25, 0.3) is 5.69 Å². The summed E-state index contributed by atoms with van der Waals surface area (Å²) in [7, 11) is 0. The first kappa shape index (κ1) is 20.9. The number of benzene rings is 2. The number of nitrogens with one attached hydrogen (secondary N) is 2. The number of nitrogens with zero attached hydrogens (tertiary/aromatic N) is 1. The molecule has 0 spiro atoms. The average Bonchev–Trinajstić information content (AvgIpc) is 2.64.